The summed E-state index contributed by atoms with van der Waals surface area (Å²) in [7, 11) is 2.12. The molecule has 1 aromatic carbocycles. The van der Waals surface area contributed by atoms with Crippen LogP contribution < -0.4 is 5.32 Å². The number of halogens is 4. The number of piperidine rings is 1. The number of aromatic amines is 1. The van der Waals surface area contributed by atoms with Gasteiger partial charge in [0.2, 0.25) is 0 Å². The molecule has 3 aromatic rings. The third-order valence-corrected chi connectivity index (χ3v) is 5.75. The molecule has 31 heavy (non-hydrogen) atoms. The summed E-state index contributed by atoms with van der Waals surface area (Å²) in [6, 6.07) is 7.92. The molecule has 1 aliphatic heterocycles. The maximum absolute atomic E-state index is 12.9. The van der Waals surface area contributed by atoms with Crippen LogP contribution in [0.4, 0.5) is 19.0 Å². The lowest BCUT2D eigenvalue weighted by Crippen LogP contribution is -2.36. The van der Waals surface area contributed by atoms with Crippen molar-refractivity contribution in [2.75, 3.05) is 25.5 Å². The highest BCUT2D eigenvalue weighted by Crippen LogP contribution is 2.36. The topological polar surface area (TPSA) is 56.8 Å². The van der Waals surface area contributed by atoms with E-state index in [0.717, 1.165) is 43.4 Å². The average molecular weight is 450 g/mol. The van der Waals surface area contributed by atoms with Crippen molar-refractivity contribution in [1.29, 1.82) is 0 Å². The van der Waals surface area contributed by atoms with Crippen molar-refractivity contribution in [2.24, 2.45) is 0 Å². The number of aromatic nitrogens is 3. The van der Waals surface area contributed by atoms with Crippen molar-refractivity contribution in [3.05, 3.63) is 52.7 Å². The number of rotatable bonds is 4. The second-order valence-corrected chi connectivity index (χ2v) is 8.38. The smallest absolute Gasteiger partial charge is 0.367 e. The van der Waals surface area contributed by atoms with E-state index < -0.39 is 11.7 Å². The molecule has 1 fully saturated rings. The van der Waals surface area contributed by atoms with Crippen LogP contribution in [0, 0.1) is 6.92 Å². The molecule has 1 saturated heterocycles. The number of H-pyrrole nitrogens is 1. The minimum atomic E-state index is -4.49. The normalized spacial score (nSPS) is 15.9. The lowest BCUT2D eigenvalue weighted by molar-refractivity contribution is -0.137. The van der Waals surface area contributed by atoms with Crippen molar-refractivity contribution < 1.29 is 13.2 Å². The van der Waals surface area contributed by atoms with Gasteiger partial charge in [-0.25, -0.2) is 9.97 Å². The van der Waals surface area contributed by atoms with Gasteiger partial charge in [0.05, 0.1) is 28.2 Å². The molecule has 0 radical (unpaired) electrons. The van der Waals surface area contributed by atoms with Crippen molar-refractivity contribution >= 4 is 17.4 Å². The van der Waals surface area contributed by atoms with Crippen LogP contribution in [-0.4, -0.2) is 46.0 Å². The van der Waals surface area contributed by atoms with E-state index in [-0.39, 0.29) is 5.02 Å². The molecule has 2 N–H and O–H groups in total. The number of likely N-dealkylation sites (tertiary alicyclic amines) is 1. The number of anilines is 1. The highest BCUT2D eigenvalue weighted by atomic mass is 35.5. The third-order valence-electron chi connectivity index (χ3n) is 5.44. The molecule has 2 aromatic heterocycles. The van der Waals surface area contributed by atoms with Gasteiger partial charge in [-0.05, 0) is 69.7 Å². The van der Waals surface area contributed by atoms with Gasteiger partial charge in [-0.2, -0.15) is 13.2 Å². The predicted molar refractivity (Wildman–Crippen MR) is 116 cm³/mol. The summed E-state index contributed by atoms with van der Waals surface area (Å²) in [5.74, 6) is 1.23. The Bertz CT molecular complexity index is 1070. The predicted octanol–water partition coefficient (Wildman–Crippen LogP) is 5.63. The van der Waals surface area contributed by atoms with E-state index in [0.29, 0.717) is 28.8 Å². The molecule has 3 heterocycles. The molecule has 0 spiro atoms. The molecule has 0 unspecified atom stereocenters. The van der Waals surface area contributed by atoms with Crippen LogP contribution in [0.15, 0.2) is 36.5 Å². The molecule has 164 valence electrons. The van der Waals surface area contributed by atoms with Gasteiger partial charge in [-0.3, -0.25) is 0 Å². The van der Waals surface area contributed by atoms with Gasteiger partial charge >= 0.3 is 6.18 Å². The molecular weight excluding hydrogens is 427 g/mol. The summed E-state index contributed by atoms with van der Waals surface area (Å²) in [5, 5.41) is 3.16. The Hall–Kier alpha value is -2.58. The lowest BCUT2D eigenvalue weighted by Gasteiger charge is -2.29. The van der Waals surface area contributed by atoms with Gasteiger partial charge in [0.25, 0.3) is 0 Å². The second-order valence-electron chi connectivity index (χ2n) is 7.97. The quantitative estimate of drug-likeness (QED) is 0.542. The number of aryl methyl sites for hydroxylation is 1. The molecule has 0 saturated carbocycles. The fraction of sp³-hybridized carbons (Fsp3) is 0.364. The highest BCUT2D eigenvalue weighted by molar-refractivity contribution is 6.31. The van der Waals surface area contributed by atoms with Gasteiger partial charge in [0.1, 0.15) is 11.6 Å². The van der Waals surface area contributed by atoms with Crippen LogP contribution in [0.3, 0.4) is 0 Å². The average Bonchev–Trinajstić information content (AvgIpc) is 3.19. The van der Waals surface area contributed by atoms with E-state index in [4.69, 9.17) is 16.6 Å². The summed E-state index contributed by atoms with van der Waals surface area (Å²) in [5.41, 5.74) is 2.05. The van der Waals surface area contributed by atoms with Gasteiger partial charge < -0.3 is 15.2 Å². The summed E-state index contributed by atoms with van der Waals surface area (Å²) in [6.07, 6.45) is -0.747. The number of nitrogens with zero attached hydrogens (tertiary/aromatic N) is 3. The van der Waals surface area contributed by atoms with Crippen LogP contribution in [0.1, 0.15) is 24.0 Å². The zero-order valence-corrected chi connectivity index (χ0v) is 18.0. The molecule has 0 bridgehead atoms. The summed E-state index contributed by atoms with van der Waals surface area (Å²) >= 11 is 5.85. The molecule has 0 aliphatic carbocycles. The minimum absolute atomic E-state index is 0.360. The Labute approximate surface area is 183 Å². The molecule has 5 nitrogen and oxygen atoms in total. The van der Waals surface area contributed by atoms with Crippen molar-refractivity contribution in [2.45, 2.75) is 32.0 Å². The van der Waals surface area contributed by atoms with Gasteiger partial charge in [0.15, 0.2) is 0 Å². The maximum atomic E-state index is 12.9. The van der Waals surface area contributed by atoms with Gasteiger partial charge in [0, 0.05) is 11.6 Å². The Morgan fingerprint density at radius 1 is 1.16 bits per heavy atom. The van der Waals surface area contributed by atoms with Crippen LogP contribution in [-0.2, 0) is 6.18 Å². The van der Waals surface area contributed by atoms with E-state index in [1.54, 1.807) is 6.20 Å². The number of imidazole rings is 1. The Morgan fingerprint density at radius 2 is 1.90 bits per heavy atom. The van der Waals surface area contributed by atoms with Gasteiger partial charge in [-0.1, -0.05) is 17.7 Å². The molecular formula is C22H23ClF3N5. The Balaban J connectivity index is 1.56. The number of hydrogen-bond acceptors (Lipinski definition) is 4. The zero-order valence-electron chi connectivity index (χ0n) is 17.2. The number of alkyl halides is 3. The van der Waals surface area contributed by atoms with Crippen molar-refractivity contribution in [1.82, 2.24) is 19.9 Å². The Morgan fingerprint density at radius 3 is 2.58 bits per heavy atom. The first-order valence-corrected chi connectivity index (χ1v) is 10.4. The first-order chi connectivity index (χ1) is 14.7. The summed E-state index contributed by atoms with van der Waals surface area (Å²) in [6.45, 7) is 4.10. The third kappa shape index (κ3) is 5.02. The second kappa shape index (κ2) is 8.51. The van der Waals surface area contributed by atoms with Crippen LogP contribution >= 0.6 is 11.6 Å². The monoisotopic (exact) mass is 449 g/mol. The van der Waals surface area contributed by atoms with E-state index in [2.05, 4.69) is 27.2 Å². The summed E-state index contributed by atoms with van der Waals surface area (Å²) < 4.78 is 38.8. The van der Waals surface area contributed by atoms with Crippen LogP contribution in [0.2, 0.25) is 5.02 Å². The maximum Gasteiger partial charge on any atom is 0.417 e. The van der Waals surface area contributed by atoms with Crippen LogP contribution in [0.25, 0.3) is 22.8 Å². The number of hydrogen-bond donors (Lipinski definition) is 2. The molecule has 4 rings (SSSR count). The lowest BCUT2D eigenvalue weighted by atomic mass is 10.1. The fourth-order valence-electron chi connectivity index (χ4n) is 3.73. The SMILES string of the molecule is Cc1cc(NC2CCN(C)CC2)nc(-c2cnc(-c3ccc(C(F)(F)F)c(Cl)c3)[nH]2)c1. The highest BCUT2D eigenvalue weighted by Gasteiger charge is 2.33. The molecule has 1 aliphatic rings. The van der Waals surface area contributed by atoms with Crippen LogP contribution in [0.5, 0.6) is 0 Å². The van der Waals surface area contributed by atoms with E-state index in [1.165, 1.54) is 12.1 Å². The first kappa shape index (κ1) is 21.6. The Kier molecular flexibility index (Phi) is 5.94. The number of pyridine rings is 1. The zero-order chi connectivity index (χ0) is 22.2. The van der Waals surface area contributed by atoms with Crippen molar-refractivity contribution in [3.8, 4) is 22.8 Å². The van der Waals surface area contributed by atoms with E-state index in [9.17, 15) is 13.2 Å². The largest absolute Gasteiger partial charge is 0.417 e. The number of nitrogens with one attached hydrogen (secondary N) is 2. The standard InChI is InChI=1S/C22H23ClF3N5/c1-13-9-18(29-20(10-13)28-15-5-7-31(2)8-6-15)19-12-27-21(30-19)14-3-4-16(17(23)11-14)22(24,25)26/h3-4,9-12,15H,5-8H2,1-2H3,(H,27,30)(H,28,29). The minimum Gasteiger partial charge on any atom is -0.367 e. The van der Waals surface area contributed by atoms with E-state index in [1.807, 2.05) is 19.1 Å². The first-order valence-electron chi connectivity index (χ1n) is 10.1. The van der Waals surface area contributed by atoms with E-state index >= 15 is 0 Å². The summed E-state index contributed by atoms with van der Waals surface area (Å²) in [4.78, 5) is 14.5. The van der Waals surface area contributed by atoms with Crippen molar-refractivity contribution in [3.63, 3.8) is 0 Å². The number of benzene rings is 1. The fourth-order valence-corrected chi connectivity index (χ4v) is 4.02. The molecule has 9 heteroatoms. The molecule has 0 amide bonds. The molecule has 0 atom stereocenters. The van der Waals surface area contributed by atoms with Gasteiger partial charge in [-0.15, -0.1) is 0 Å².